The van der Waals surface area contributed by atoms with Crippen LogP contribution in [-0.4, -0.2) is 45.4 Å². The smallest absolute Gasteiger partial charge is 0.272 e. The lowest BCUT2D eigenvalue weighted by Gasteiger charge is -2.33. The van der Waals surface area contributed by atoms with E-state index >= 15 is 0 Å². The summed E-state index contributed by atoms with van der Waals surface area (Å²) in [7, 11) is 1.70. The second-order valence-corrected chi connectivity index (χ2v) is 7.49. The van der Waals surface area contributed by atoms with Crippen LogP contribution in [0, 0.1) is 12.8 Å². The molecule has 0 N–H and O–H groups in total. The van der Waals surface area contributed by atoms with Crippen molar-refractivity contribution in [2.24, 2.45) is 5.92 Å². The second-order valence-electron chi connectivity index (χ2n) is 7.49. The van der Waals surface area contributed by atoms with E-state index < -0.39 is 0 Å². The van der Waals surface area contributed by atoms with Gasteiger partial charge in [-0.3, -0.25) is 9.20 Å². The van der Waals surface area contributed by atoms with E-state index in [1.54, 1.807) is 17.7 Å². The van der Waals surface area contributed by atoms with E-state index in [4.69, 9.17) is 4.74 Å². The molecule has 1 aliphatic rings. The maximum atomic E-state index is 13.2. The number of imidazole rings is 1. The van der Waals surface area contributed by atoms with Gasteiger partial charge in [0.1, 0.15) is 11.4 Å². The van der Waals surface area contributed by atoms with Crippen LogP contribution in [0.3, 0.4) is 0 Å². The monoisotopic (exact) mass is 378 g/mol. The summed E-state index contributed by atoms with van der Waals surface area (Å²) in [6, 6.07) is 10.1. The number of hydrogen-bond acceptors (Lipinski definition) is 4. The molecule has 1 atom stereocenters. The molecule has 146 valence electrons. The molecular formula is C22H26N4O2. The molecule has 1 saturated heterocycles. The van der Waals surface area contributed by atoms with E-state index in [9.17, 15) is 4.79 Å². The Morgan fingerprint density at radius 1 is 1.32 bits per heavy atom. The van der Waals surface area contributed by atoms with Crippen molar-refractivity contribution in [3.05, 3.63) is 59.7 Å². The van der Waals surface area contributed by atoms with Crippen LogP contribution in [0.15, 0.2) is 42.7 Å². The molecule has 28 heavy (non-hydrogen) atoms. The quantitative estimate of drug-likeness (QED) is 0.681. The van der Waals surface area contributed by atoms with Crippen molar-refractivity contribution in [1.82, 2.24) is 19.3 Å². The van der Waals surface area contributed by atoms with Crippen molar-refractivity contribution in [3.63, 3.8) is 0 Å². The summed E-state index contributed by atoms with van der Waals surface area (Å²) in [5.41, 5.74) is 2.66. The third-order valence-corrected chi connectivity index (χ3v) is 5.56. The molecule has 2 aromatic heterocycles. The van der Waals surface area contributed by atoms with Gasteiger partial charge in [-0.2, -0.15) is 0 Å². The zero-order valence-electron chi connectivity index (χ0n) is 16.5. The Balaban J connectivity index is 1.44. The van der Waals surface area contributed by atoms with Gasteiger partial charge >= 0.3 is 0 Å². The number of rotatable bonds is 5. The molecule has 6 heteroatoms. The molecule has 0 spiro atoms. The number of hydrogen-bond donors (Lipinski definition) is 0. The molecule has 1 aromatic carbocycles. The summed E-state index contributed by atoms with van der Waals surface area (Å²) in [5, 5.41) is 0. The lowest BCUT2D eigenvalue weighted by Crippen LogP contribution is -2.40. The lowest BCUT2D eigenvalue weighted by molar-refractivity contribution is 0.0660. The molecule has 3 aromatic rings. The Kier molecular flexibility index (Phi) is 5.28. The van der Waals surface area contributed by atoms with E-state index in [1.165, 1.54) is 12.0 Å². The van der Waals surface area contributed by atoms with E-state index in [1.807, 2.05) is 36.2 Å². The van der Waals surface area contributed by atoms with Crippen molar-refractivity contribution in [1.29, 1.82) is 0 Å². The molecule has 0 bridgehead atoms. The second kappa shape index (κ2) is 8.00. The number of piperidine rings is 1. The topological polar surface area (TPSA) is 59.7 Å². The summed E-state index contributed by atoms with van der Waals surface area (Å²) in [5.74, 6) is 2.05. The van der Waals surface area contributed by atoms with Gasteiger partial charge in [-0.1, -0.05) is 12.1 Å². The number of aromatic nitrogens is 3. The van der Waals surface area contributed by atoms with Gasteiger partial charge in [0, 0.05) is 25.5 Å². The van der Waals surface area contributed by atoms with E-state index in [0.29, 0.717) is 17.4 Å². The number of amides is 1. The SMILES string of the molecule is COc1cccc(CCC2CCCN(C(=O)c3c(C)nc4ncccn34)C2)c1. The minimum atomic E-state index is 0.0593. The van der Waals surface area contributed by atoms with Crippen molar-refractivity contribution in [2.75, 3.05) is 20.2 Å². The van der Waals surface area contributed by atoms with Gasteiger partial charge in [0.2, 0.25) is 5.78 Å². The fourth-order valence-electron chi connectivity index (χ4n) is 4.09. The first-order valence-electron chi connectivity index (χ1n) is 9.87. The number of aryl methyl sites for hydroxylation is 2. The van der Waals surface area contributed by atoms with Crippen molar-refractivity contribution < 1.29 is 9.53 Å². The molecule has 1 aliphatic heterocycles. The molecule has 0 aliphatic carbocycles. The lowest BCUT2D eigenvalue weighted by atomic mass is 9.91. The summed E-state index contributed by atoms with van der Waals surface area (Å²) in [4.78, 5) is 23.9. The zero-order valence-corrected chi connectivity index (χ0v) is 16.5. The number of carbonyl (C=O) groups is 1. The molecule has 1 unspecified atom stereocenters. The predicted octanol–water partition coefficient (Wildman–Crippen LogP) is 3.53. The van der Waals surface area contributed by atoms with Crippen LogP contribution < -0.4 is 4.74 Å². The first-order chi connectivity index (χ1) is 13.7. The molecule has 3 heterocycles. The number of fused-ring (bicyclic) bond motifs is 1. The summed E-state index contributed by atoms with van der Waals surface area (Å²) >= 11 is 0. The van der Waals surface area contributed by atoms with Crippen molar-refractivity contribution in [2.45, 2.75) is 32.6 Å². The first kappa shape index (κ1) is 18.5. The molecule has 4 rings (SSSR count). The third kappa shape index (κ3) is 3.72. The largest absolute Gasteiger partial charge is 0.497 e. The molecular weight excluding hydrogens is 352 g/mol. The fraction of sp³-hybridized carbons (Fsp3) is 0.409. The number of likely N-dealkylation sites (tertiary alicyclic amines) is 1. The summed E-state index contributed by atoms with van der Waals surface area (Å²) in [6.45, 7) is 3.49. The Labute approximate surface area is 165 Å². The van der Waals surface area contributed by atoms with Gasteiger partial charge in [0.05, 0.1) is 12.8 Å². The van der Waals surface area contributed by atoms with Crippen molar-refractivity contribution in [3.8, 4) is 5.75 Å². The fourth-order valence-corrected chi connectivity index (χ4v) is 4.09. The highest BCUT2D eigenvalue weighted by Crippen LogP contribution is 2.25. The molecule has 6 nitrogen and oxygen atoms in total. The minimum Gasteiger partial charge on any atom is -0.497 e. The van der Waals surface area contributed by atoms with Gasteiger partial charge in [0.25, 0.3) is 5.91 Å². The highest BCUT2D eigenvalue weighted by atomic mass is 16.5. The normalized spacial score (nSPS) is 17.1. The average molecular weight is 378 g/mol. The van der Waals surface area contributed by atoms with Crippen molar-refractivity contribution >= 4 is 11.7 Å². The van der Waals surface area contributed by atoms with Crippen LogP contribution in [0.5, 0.6) is 5.75 Å². The van der Waals surface area contributed by atoms with E-state index in [-0.39, 0.29) is 5.91 Å². The maximum absolute atomic E-state index is 13.2. The van der Waals surface area contributed by atoms with Gasteiger partial charge in [-0.25, -0.2) is 9.97 Å². The Morgan fingerprint density at radius 3 is 3.07 bits per heavy atom. The van der Waals surface area contributed by atoms with Crippen LogP contribution in [0.1, 0.15) is 41.0 Å². The zero-order chi connectivity index (χ0) is 19.5. The number of benzene rings is 1. The third-order valence-electron chi connectivity index (χ3n) is 5.56. The Hall–Kier alpha value is -2.89. The standard InChI is InChI=1S/C22H26N4O2/c1-16-20(26-13-5-11-23-22(26)24-16)21(27)25-12-4-7-18(15-25)10-9-17-6-3-8-19(14-17)28-2/h3,5-6,8,11,13-14,18H,4,7,9-10,12,15H2,1-2H3. The van der Waals surface area contributed by atoms with Crippen LogP contribution in [0.2, 0.25) is 0 Å². The van der Waals surface area contributed by atoms with Crippen LogP contribution in [0.25, 0.3) is 5.78 Å². The molecule has 1 fully saturated rings. The van der Waals surface area contributed by atoms with E-state index in [2.05, 4.69) is 22.1 Å². The first-order valence-corrected chi connectivity index (χ1v) is 9.87. The minimum absolute atomic E-state index is 0.0593. The average Bonchev–Trinajstić information content (AvgIpc) is 3.07. The van der Waals surface area contributed by atoms with Gasteiger partial charge < -0.3 is 9.64 Å². The van der Waals surface area contributed by atoms with Gasteiger partial charge in [-0.15, -0.1) is 0 Å². The number of nitrogens with zero attached hydrogens (tertiary/aromatic N) is 4. The van der Waals surface area contributed by atoms with Crippen LogP contribution >= 0.6 is 0 Å². The Bertz CT molecular complexity index is 982. The number of carbonyl (C=O) groups excluding carboxylic acids is 1. The number of methoxy groups -OCH3 is 1. The highest BCUT2D eigenvalue weighted by molar-refractivity contribution is 5.94. The predicted molar refractivity (Wildman–Crippen MR) is 108 cm³/mol. The molecule has 0 saturated carbocycles. The van der Waals surface area contributed by atoms with Gasteiger partial charge in [0.15, 0.2) is 0 Å². The Morgan fingerprint density at radius 2 is 2.21 bits per heavy atom. The number of ether oxygens (including phenoxy) is 1. The van der Waals surface area contributed by atoms with Gasteiger partial charge in [-0.05, 0) is 62.3 Å². The maximum Gasteiger partial charge on any atom is 0.272 e. The van der Waals surface area contributed by atoms with Crippen LogP contribution in [-0.2, 0) is 6.42 Å². The van der Waals surface area contributed by atoms with E-state index in [0.717, 1.165) is 43.8 Å². The summed E-state index contributed by atoms with van der Waals surface area (Å²) in [6.07, 6.45) is 7.85. The van der Waals surface area contributed by atoms with Crippen LogP contribution in [0.4, 0.5) is 0 Å². The highest BCUT2D eigenvalue weighted by Gasteiger charge is 2.27. The molecule has 1 amide bonds. The molecule has 0 radical (unpaired) electrons. The summed E-state index contributed by atoms with van der Waals surface area (Å²) < 4.78 is 7.12.